The lowest BCUT2D eigenvalue weighted by Gasteiger charge is -2.08. The minimum atomic E-state index is -0.838. The first-order chi connectivity index (χ1) is 6.99. The van der Waals surface area contributed by atoms with Gasteiger partial charge in [-0.15, -0.1) is 11.8 Å². The van der Waals surface area contributed by atoms with Gasteiger partial charge < -0.3 is 5.11 Å². The van der Waals surface area contributed by atoms with Gasteiger partial charge in [-0.2, -0.15) is 0 Å². The highest BCUT2D eigenvalue weighted by atomic mass is 35.5. The fraction of sp³-hybridized carbons (Fsp3) is 0.364. The van der Waals surface area contributed by atoms with Crippen molar-refractivity contribution in [2.45, 2.75) is 30.4 Å². The first-order valence-electron chi connectivity index (χ1n) is 4.66. The Kier molecular flexibility index (Phi) is 4.48. The van der Waals surface area contributed by atoms with E-state index in [2.05, 4.69) is 13.8 Å². The molecule has 82 valence electrons. The molecule has 0 atom stereocenters. The summed E-state index contributed by atoms with van der Waals surface area (Å²) in [6.45, 7) is 4.18. The number of halogens is 1. The lowest BCUT2D eigenvalue weighted by molar-refractivity contribution is -0.136. The number of hydrogen-bond donors (Lipinski definition) is 1. The van der Waals surface area contributed by atoms with Crippen LogP contribution in [0.5, 0.6) is 0 Å². The SMILES string of the molecule is CC(C)Sc1ccc(CC(=O)O)cc1Cl. The highest BCUT2D eigenvalue weighted by Gasteiger charge is 2.06. The molecule has 0 aliphatic carbocycles. The quantitative estimate of drug-likeness (QED) is 0.825. The summed E-state index contributed by atoms with van der Waals surface area (Å²) in [5, 5.41) is 9.72. The van der Waals surface area contributed by atoms with Crippen molar-refractivity contribution in [3.63, 3.8) is 0 Å². The van der Waals surface area contributed by atoms with Crippen LogP contribution in [0.15, 0.2) is 23.1 Å². The summed E-state index contributed by atoms with van der Waals surface area (Å²) in [6.07, 6.45) is 0.0202. The maximum absolute atomic E-state index is 10.5. The van der Waals surface area contributed by atoms with E-state index < -0.39 is 5.97 Å². The van der Waals surface area contributed by atoms with Gasteiger partial charge >= 0.3 is 5.97 Å². The predicted octanol–water partition coefficient (Wildman–Crippen LogP) is 3.47. The standard InChI is InChI=1S/C11H13ClO2S/c1-7(2)15-10-4-3-8(5-9(10)12)6-11(13)14/h3-5,7H,6H2,1-2H3,(H,13,14). The van der Waals surface area contributed by atoms with Crippen molar-refractivity contribution in [2.24, 2.45) is 0 Å². The molecule has 0 amide bonds. The second kappa shape index (κ2) is 5.42. The summed E-state index contributed by atoms with van der Waals surface area (Å²) in [5.74, 6) is -0.838. The Labute approximate surface area is 98.6 Å². The van der Waals surface area contributed by atoms with Gasteiger partial charge in [-0.3, -0.25) is 4.79 Å². The van der Waals surface area contributed by atoms with Crippen molar-refractivity contribution in [1.29, 1.82) is 0 Å². The molecule has 0 fully saturated rings. The number of aliphatic carboxylic acids is 1. The molecule has 1 rings (SSSR count). The molecule has 0 aliphatic heterocycles. The van der Waals surface area contributed by atoms with Gasteiger partial charge in [0.25, 0.3) is 0 Å². The molecule has 0 unspecified atom stereocenters. The van der Waals surface area contributed by atoms with Crippen LogP contribution >= 0.6 is 23.4 Å². The third kappa shape index (κ3) is 4.14. The average molecular weight is 245 g/mol. The fourth-order valence-corrected chi connectivity index (χ4v) is 2.34. The zero-order valence-corrected chi connectivity index (χ0v) is 10.2. The Morgan fingerprint density at radius 1 is 1.53 bits per heavy atom. The van der Waals surface area contributed by atoms with E-state index >= 15 is 0 Å². The van der Waals surface area contributed by atoms with Gasteiger partial charge in [0.15, 0.2) is 0 Å². The van der Waals surface area contributed by atoms with Gasteiger partial charge in [0, 0.05) is 10.1 Å². The summed E-state index contributed by atoms with van der Waals surface area (Å²) in [5.41, 5.74) is 0.737. The third-order valence-electron chi connectivity index (χ3n) is 1.71. The van der Waals surface area contributed by atoms with Gasteiger partial charge in [-0.1, -0.05) is 31.5 Å². The predicted molar refractivity (Wildman–Crippen MR) is 63.8 cm³/mol. The molecule has 0 aromatic heterocycles. The van der Waals surface area contributed by atoms with E-state index in [9.17, 15) is 4.79 Å². The van der Waals surface area contributed by atoms with Gasteiger partial charge in [-0.25, -0.2) is 0 Å². The van der Waals surface area contributed by atoms with Gasteiger partial charge in [-0.05, 0) is 17.7 Å². The van der Waals surface area contributed by atoms with Crippen molar-refractivity contribution in [3.8, 4) is 0 Å². The zero-order chi connectivity index (χ0) is 11.4. The summed E-state index contributed by atoms with van der Waals surface area (Å²) in [6, 6.07) is 5.41. The number of carboxylic acids is 1. The molecule has 0 spiro atoms. The molecule has 15 heavy (non-hydrogen) atoms. The number of thioether (sulfide) groups is 1. The van der Waals surface area contributed by atoms with Crippen LogP contribution in [0, 0.1) is 0 Å². The first kappa shape index (κ1) is 12.4. The Hall–Kier alpha value is -0.670. The number of carbonyl (C=O) groups is 1. The van der Waals surface area contributed by atoms with E-state index in [1.54, 1.807) is 17.8 Å². The normalized spacial score (nSPS) is 10.7. The molecule has 0 saturated heterocycles. The molecule has 0 radical (unpaired) electrons. The second-order valence-electron chi connectivity index (χ2n) is 3.50. The molecule has 0 aliphatic rings. The number of carboxylic acid groups (broad SMARTS) is 1. The molecular formula is C11H13ClO2S. The molecule has 0 saturated carbocycles. The lowest BCUT2D eigenvalue weighted by atomic mass is 10.1. The molecule has 0 heterocycles. The van der Waals surface area contributed by atoms with Crippen LogP contribution in [-0.2, 0) is 11.2 Å². The molecule has 2 nitrogen and oxygen atoms in total. The Morgan fingerprint density at radius 3 is 2.67 bits per heavy atom. The largest absolute Gasteiger partial charge is 0.481 e. The van der Waals surface area contributed by atoms with Gasteiger partial charge in [0.1, 0.15) is 0 Å². The van der Waals surface area contributed by atoms with Crippen molar-refractivity contribution in [1.82, 2.24) is 0 Å². The minimum Gasteiger partial charge on any atom is -0.481 e. The highest BCUT2D eigenvalue weighted by Crippen LogP contribution is 2.30. The highest BCUT2D eigenvalue weighted by molar-refractivity contribution is 8.00. The number of rotatable bonds is 4. The summed E-state index contributed by atoms with van der Waals surface area (Å²) < 4.78 is 0. The topological polar surface area (TPSA) is 37.3 Å². The second-order valence-corrected chi connectivity index (χ2v) is 5.53. The Morgan fingerprint density at radius 2 is 2.20 bits per heavy atom. The van der Waals surface area contributed by atoms with Crippen LogP contribution in [0.2, 0.25) is 5.02 Å². The van der Waals surface area contributed by atoms with Crippen LogP contribution in [-0.4, -0.2) is 16.3 Å². The number of hydrogen-bond acceptors (Lipinski definition) is 2. The fourth-order valence-electron chi connectivity index (χ4n) is 1.18. The zero-order valence-electron chi connectivity index (χ0n) is 8.66. The van der Waals surface area contributed by atoms with E-state index in [0.29, 0.717) is 10.3 Å². The monoisotopic (exact) mass is 244 g/mol. The van der Waals surface area contributed by atoms with E-state index in [0.717, 1.165) is 10.5 Å². The van der Waals surface area contributed by atoms with Crippen molar-refractivity contribution in [3.05, 3.63) is 28.8 Å². The summed E-state index contributed by atoms with van der Waals surface area (Å²) >= 11 is 7.72. The molecule has 0 bridgehead atoms. The van der Waals surface area contributed by atoms with E-state index in [-0.39, 0.29) is 6.42 Å². The van der Waals surface area contributed by atoms with E-state index in [1.807, 2.05) is 12.1 Å². The van der Waals surface area contributed by atoms with Crippen molar-refractivity contribution < 1.29 is 9.90 Å². The maximum Gasteiger partial charge on any atom is 0.307 e. The van der Waals surface area contributed by atoms with Gasteiger partial charge in [0.2, 0.25) is 0 Å². The van der Waals surface area contributed by atoms with Crippen LogP contribution in [0.3, 0.4) is 0 Å². The molecular weight excluding hydrogens is 232 g/mol. The number of benzene rings is 1. The van der Waals surface area contributed by atoms with Gasteiger partial charge in [0.05, 0.1) is 11.4 Å². The molecule has 4 heteroatoms. The molecule has 1 aromatic carbocycles. The summed E-state index contributed by atoms with van der Waals surface area (Å²) in [4.78, 5) is 11.5. The summed E-state index contributed by atoms with van der Waals surface area (Å²) in [7, 11) is 0. The van der Waals surface area contributed by atoms with Crippen LogP contribution < -0.4 is 0 Å². The van der Waals surface area contributed by atoms with Crippen molar-refractivity contribution >= 4 is 29.3 Å². The molecule has 1 N–H and O–H groups in total. The lowest BCUT2D eigenvalue weighted by Crippen LogP contribution is -2.00. The first-order valence-corrected chi connectivity index (χ1v) is 5.91. The van der Waals surface area contributed by atoms with Crippen LogP contribution in [0.4, 0.5) is 0 Å². The van der Waals surface area contributed by atoms with Crippen LogP contribution in [0.25, 0.3) is 0 Å². The average Bonchev–Trinajstić information content (AvgIpc) is 2.08. The third-order valence-corrected chi connectivity index (χ3v) is 3.22. The Bertz CT molecular complexity index is 364. The smallest absolute Gasteiger partial charge is 0.307 e. The maximum atomic E-state index is 10.5. The van der Waals surface area contributed by atoms with E-state index in [1.165, 1.54) is 0 Å². The Balaban J connectivity index is 2.83. The van der Waals surface area contributed by atoms with Crippen molar-refractivity contribution in [2.75, 3.05) is 0 Å². The van der Waals surface area contributed by atoms with E-state index in [4.69, 9.17) is 16.7 Å². The van der Waals surface area contributed by atoms with Crippen LogP contribution in [0.1, 0.15) is 19.4 Å². The minimum absolute atomic E-state index is 0.0202. The molecule has 1 aromatic rings.